The van der Waals surface area contributed by atoms with Crippen molar-refractivity contribution in [2.45, 2.75) is 44.6 Å². The summed E-state index contributed by atoms with van der Waals surface area (Å²) in [7, 11) is 1.74. The van der Waals surface area contributed by atoms with Gasteiger partial charge in [-0.15, -0.1) is 24.0 Å². The maximum absolute atomic E-state index is 11.6. The van der Waals surface area contributed by atoms with E-state index >= 15 is 0 Å². The molecule has 0 radical (unpaired) electrons. The van der Waals surface area contributed by atoms with E-state index in [9.17, 15) is 4.79 Å². The molecule has 1 aromatic carbocycles. The summed E-state index contributed by atoms with van der Waals surface area (Å²) >= 11 is 6.11. The molecule has 3 N–H and O–H groups in total. The molecule has 1 aromatic rings. The van der Waals surface area contributed by atoms with Crippen LogP contribution in [-0.2, 0) is 10.2 Å². The van der Waals surface area contributed by atoms with Crippen molar-refractivity contribution in [3.05, 3.63) is 34.9 Å². The summed E-state index contributed by atoms with van der Waals surface area (Å²) in [5.41, 5.74) is 1.42. The molecule has 0 aromatic heterocycles. The van der Waals surface area contributed by atoms with Gasteiger partial charge in [-0.05, 0) is 44.4 Å². The van der Waals surface area contributed by atoms with Gasteiger partial charge in [-0.1, -0.05) is 23.7 Å². The zero-order valence-electron chi connectivity index (χ0n) is 15.1. The van der Waals surface area contributed by atoms with Crippen molar-refractivity contribution in [1.82, 2.24) is 16.0 Å². The predicted molar refractivity (Wildman–Crippen MR) is 115 cm³/mol. The number of hydrogen-bond donors (Lipinski definition) is 3. The fourth-order valence-corrected chi connectivity index (χ4v) is 2.89. The Labute approximate surface area is 172 Å². The Bertz CT molecular complexity index is 602. The molecule has 2 rings (SSSR count). The van der Waals surface area contributed by atoms with Crippen molar-refractivity contribution in [3.8, 4) is 0 Å². The van der Waals surface area contributed by atoms with Gasteiger partial charge >= 0.3 is 0 Å². The van der Waals surface area contributed by atoms with Gasteiger partial charge in [0.05, 0.1) is 0 Å². The second-order valence-electron chi connectivity index (χ2n) is 6.62. The molecule has 0 spiro atoms. The van der Waals surface area contributed by atoms with Gasteiger partial charge in [0.1, 0.15) is 0 Å². The highest BCUT2D eigenvalue weighted by molar-refractivity contribution is 14.0. The smallest absolute Gasteiger partial charge is 0.221 e. The summed E-state index contributed by atoms with van der Waals surface area (Å²) in [6, 6.07) is 8.24. The number of hydrogen-bond acceptors (Lipinski definition) is 2. The van der Waals surface area contributed by atoms with Gasteiger partial charge in [-0.25, -0.2) is 0 Å². The van der Waals surface area contributed by atoms with Crippen LogP contribution in [0, 0.1) is 0 Å². The van der Waals surface area contributed by atoms with Gasteiger partial charge in [0.15, 0.2) is 5.96 Å². The number of amides is 1. The highest BCUT2D eigenvalue weighted by Gasteiger charge is 2.44. The number of guanidine groups is 1. The second-order valence-corrected chi connectivity index (χ2v) is 7.05. The molecule has 0 saturated heterocycles. The summed E-state index contributed by atoms with van der Waals surface area (Å²) in [5, 5.41) is 10.2. The van der Waals surface area contributed by atoms with Gasteiger partial charge in [0, 0.05) is 43.0 Å². The lowest BCUT2D eigenvalue weighted by Gasteiger charge is -2.19. The van der Waals surface area contributed by atoms with Crippen LogP contribution in [0.25, 0.3) is 0 Å². The average Bonchev–Trinajstić information content (AvgIpc) is 3.31. The quantitative estimate of drug-likeness (QED) is 0.321. The number of carbonyl (C=O) groups is 1. The third kappa shape index (κ3) is 7.01. The molecule has 5 nitrogen and oxygen atoms in total. The Morgan fingerprint density at radius 2 is 2.04 bits per heavy atom. The minimum absolute atomic E-state index is 0. The summed E-state index contributed by atoms with van der Waals surface area (Å²) in [5.74, 6) is 0.770. The molecular formula is C18H28ClIN4O. The Kier molecular flexibility index (Phi) is 8.99. The fraction of sp³-hybridized carbons (Fsp3) is 0.556. The zero-order chi connectivity index (χ0) is 17.6. The lowest BCUT2D eigenvalue weighted by atomic mass is 9.96. The maximum Gasteiger partial charge on any atom is 0.221 e. The highest BCUT2D eigenvalue weighted by Crippen LogP contribution is 2.48. The number of rotatable bonds is 7. The number of aliphatic imine (C=N–C) groups is 1. The molecule has 1 amide bonds. The summed E-state index contributed by atoms with van der Waals surface area (Å²) in [6.45, 7) is 5.28. The van der Waals surface area contributed by atoms with Crippen LogP contribution >= 0.6 is 35.6 Å². The lowest BCUT2D eigenvalue weighted by molar-refractivity contribution is -0.121. The van der Waals surface area contributed by atoms with Crippen molar-refractivity contribution in [2.75, 3.05) is 20.1 Å². The molecule has 25 heavy (non-hydrogen) atoms. The van der Waals surface area contributed by atoms with Gasteiger partial charge in [-0.3, -0.25) is 9.79 Å². The third-order valence-corrected chi connectivity index (χ3v) is 4.44. The number of benzene rings is 1. The Hall–Kier alpha value is -1.02. The topological polar surface area (TPSA) is 65.5 Å². The van der Waals surface area contributed by atoms with Crippen molar-refractivity contribution in [1.29, 1.82) is 0 Å². The van der Waals surface area contributed by atoms with E-state index < -0.39 is 0 Å². The fourth-order valence-electron chi connectivity index (χ4n) is 2.70. The molecular weight excluding hydrogens is 451 g/mol. The first-order chi connectivity index (χ1) is 11.4. The second kappa shape index (κ2) is 10.2. The van der Waals surface area contributed by atoms with Gasteiger partial charge < -0.3 is 16.0 Å². The van der Waals surface area contributed by atoms with E-state index in [1.165, 1.54) is 5.56 Å². The molecule has 1 aliphatic rings. The van der Waals surface area contributed by atoms with E-state index in [1.54, 1.807) is 7.05 Å². The van der Waals surface area contributed by atoms with E-state index in [4.69, 9.17) is 11.6 Å². The Balaban J connectivity index is 0.00000312. The van der Waals surface area contributed by atoms with Crippen molar-refractivity contribution in [2.24, 2.45) is 4.99 Å². The first kappa shape index (κ1) is 22.0. The molecule has 0 heterocycles. The molecule has 1 aliphatic carbocycles. The van der Waals surface area contributed by atoms with Gasteiger partial charge in [0.25, 0.3) is 0 Å². The highest BCUT2D eigenvalue weighted by atomic mass is 127. The summed E-state index contributed by atoms with van der Waals surface area (Å²) < 4.78 is 0. The molecule has 0 atom stereocenters. The minimum atomic E-state index is 0. The van der Waals surface area contributed by atoms with Gasteiger partial charge in [-0.2, -0.15) is 0 Å². The van der Waals surface area contributed by atoms with Gasteiger partial charge in [0.2, 0.25) is 5.91 Å². The van der Waals surface area contributed by atoms with E-state index in [-0.39, 0.29) is 41.3 Å². The number of halogens is 2. The molecule has 0 aliphatic heterocycles. The molecule has 1 saturated carbocycles. The standard InChI is InChI=1S/C18H27ClN4O.HI/c1-13(2)23-16(24)7-10-21-17(20-3)22-12-18(8-9-18)14-5-4-6-15(19)11-14;/h4-6,11,13H,7-10,12H2,1-3H3,(H,23,24)(H2,20,21,22);1H. The van der Waals surface area contributed by atoms with Crippen LogP contribution in [0.2, 0.25) is 5.02 Å². The predicted octanol–water partition coefficient (Wildman–Crippen LogP) is 3.07. The van der Waals surface area contributed by atoms with E-state index in [0.717, 1.165) is 30.4 Å². The summed E-state index contributed by atoms with van der Waals surface area (Å²) in [6.07, 6.45) is 2.72. The van der Waals surface area contributed by atoms with Crippen molar-refractivity contribution >= 4 is 47.4 Å². The van der Waals surface area contributed by atoms with E-state index in [2.05, 4.69) is 27.0 Å². The molecule has 0 bridgehead atoms. The van der Waals surface area contributed by atoms with Crippen LogP contribution in [0.5, 0.6) is 0 Å². The number of nitrogens with zero attached hydrogens (tertiary/aromatic N) is 1. The monoisotopic (exact) mass is 478 g/mol. The van der Waals surface area contributed by atoms with Crippen LogP contribution in [0.4, 0.5) is 0 Å². The van der Waals surface area contributed by atoms with Crippen LogP contribution < -0.4 is 16.0 Å². The lowest BCUT2D eigenvalue weighted by Crippen LogP contribution is -2.42. The minimum Gasteiger partial charge on any atom is -0.356 e. The van der Waals surface area contributed by atoms with Crippen LogP contribution in [0.1, 0.15) is 38.7 Å². The van der Waals surface area contributed by atoms with Crippen LogP contribution in [-0.4, -0.2) is 38.0 Å². The normalized spacial score (nSPS) is 15.3. The Morgan fingerprint density at radius 1 is 1.32 bits per heavy atom. The first-order valence-corrected chi connectivity index (χ1v) is 8.83. The number of carbonyl (C=O) groups excluding carboxylic acids is 1. The molecule has 7 heteroatoms. The van der Waals surface area contributed by atoms with Crippen LogP contribution in [0.3, 0.4) is 0 Å². The zero-order valence-corrected chi connectivity index (χ0v) is 18.2. The SMILES string of the molecule is CN=C(NCCC(=O)NC(C)C)NCC1(c2cccc(Cl)c2)CC1.I. The maximum atomic E-state index is 11.6. The van der Waals surface area contributed by atoms with Crippen molar-refractivity contribution in [3.63, 3.8) is 0 Å². The largest absolute Gasteiger partial charge is 0.356 e. The first-order valence-electron chi connectivity index (χ1n) is 8.45. The van der Waals surface area contributed by atoms with E-state index in [1.807, 2.05) is 32.0 Å². The number of nitrogens with one attached hydrogen (secondary N) is 3. The summed E-state index contributed by atoms with van der Waals surface area (Å²) in [4.78, 5) is 15.9. The molecule has 0 unspecified atom stereocenters. The Morgan fingerprint density at radius 3 is 2.60 bits per heavy atom. The molecule has 140 valence electrons. The average molecular weight is 479 g/mol. The van der Waals surface area contributed by atoms with Crippen LogP contribution in [0.15, 0.2) is 29.3 Å². The third-order valence-electron chi connectivity index (χ3n) is 4.20. The van der Waals surface area contributed by atoms with E-state index in [0.29, 0.717) is 13.0 Å². The van der Waals surface area contributed by atoms with Crippen molar-refractivity contribution < 1.29 is 4.79 Å². The molecule has 1 fully saturated rings.